The van der Waals surface area contributed by atoms with Crippen LogP contribution in [0.15, 0.2) is 24.3 Å². The Morgan fingerprint density at radius 2 is 1.87 bits per heavy atom. The average Bonchev–Trinajstić information content (AvgIpc) is 2.80. The second kappa shape index (κ2) is 4.95. The van der Waals surface area contributed by atoms with Crippen molar-refractivity contribution < 1.29 is 10.2 Å². The summed E-state index contributed by atoms with van der Waals surface area (Å²) in [5, 5.41) is 21.2. The SMILES string of the molecule is C=C[C@]1(O)CC[C@H]2[C@@H]3CC=C4C[C@H](O)CC[C@]4(C)[C@H]3CC[C@@]21C. The van der Waals surface area contributed by atoms with Crippen molar-refractivity contribution in [3.63, 3.8) is 0 Å². The fourth-order valence-corrected chi connectivity index (χ4v) is 7.03. The van der Waals surface area contributed by atoms with Crippen LogP contribution in [0, 0.1) is 28.6 Å². The summed E-state index contributed by atoms with van der Waals surface area (Å²) in [6.07, 6.45) is 12.6. The summed E-state index contributed by atoms with van der Waals surface area (Å²) in [4.78, 5) is 0. The van der Waals surface area contributed by atoms with Crippen LogP contribution in [0.2, 0.25) is 0 Å². The van der Waals surface area contributed by atoms with E-state index in [1.165, 1.54) is 12.0 Å². The summed E-state index contributed by atoms with van der Waals surface area (Å²) >= 11 is 0. The van der Waals surface area contributed by atoms with Gasteiger partial charge < -0.3 is 10.2 Å². The van der Waals surface area contributed by atoms with Crippen LogP contribution in [0.1, 0.15) is 65.2 Å². The Morgan fingerprint density at radius 1 is 1.13 bits per heavy atom. The molecule has 0 spiro atoms. The molecule has 4 aliphatic carbocycles. The van der Waals surface area contributed by atoms with Gasteiger partial charge in [0.15, 0.2) is 0 Å². The zero-order chi connectivity index (χ0) is 16.5. The van der Waals surface area contributed by atoms with Gasteiger partial charge in [-0.25, -0.2) is 0 Å². The molecular weight excluding hydrogens is 284 g/mol. The van der Waals surface area contributed by atoms with Gasteiger partial charge >= 0.3 is 0 Å². The summed E-state index contributed by atoms with van der Waals surface area (Å²) in [5.74, 6) is 2.05. The molecule has 3 saturated carbocycles. The van der Waals surface area contributed by atoms with E-state index in [0.29, 0.717) is 17.3 Å². The van der Waals surface area contributed by atoms with Gasteiger partial charge in [-0.05, 0) is 74.5 Å². The molecule has 2 N–H and O–H groups in total. The Balaban J connectivity index is 1.69. The molecule has 0 radical (unpaired) electrons. The molecule has 0 heterocycles. The molecule has 2 nitrogen and oxygen atoms in total. The number of fused-ring (bicyclic) bond motifs is 5. The first kappa shape index (κ1) is 15.9. The Kier molecular flexibility index (Phi) is 3.42. The average molecular weight is 316 g/mol. The Morgan fingerprint density at radius 3 is 2.61 bits per heavy atom. The second-order valence-corrected chi connectivity index (χ2v) is 9.28. The monoisotopic (exact) mass is 316 g/mol. The lowest BCUT2D eigenvalue weighted by Gasteiger charge is -2.58. The summed E-state index contributed by atoms with van der Waals surface area (Å²) in [5.41, 5.74) is 1.15. The van der Waals surface area contributed by atoms with Gasteiger partial charge in [-0.15, -0.1) is 6.58 Å². The predicted octanol–water partition coefficient (Wildman–Crippen LogP) is 4.23. The van der Waals surface area contributed by atoms with Crippen LogP contribution in [0.25, 0.3) is 0 Å². The molecule has 23 heavy (non-hydrogen) atoms. The molecule has 0 aliphatic heterocycles. The van der Waals surface area contributed by atoms with Gasteiger partial charge in [-0.2, -0.15) is 0 Å². The number of allylic oxidation sites excluding steroid dienone is 1. The third kappa shape index (κ3) is 1.94. The van der Waals surface area contributed by atoms with E-state index in [1.807, 2.05) is 6.08 Å². The topological polar surface area (TPSA) is 40.5 Å². The molecule has 7 atom stereocenters. The van der Waals surface area contributed by atoms with Crippen molar-refractivity contribution >= 4 is 0 Å². The number of aliphatic hydroxyl groups excluding tert-OH is 1. The zero-order valence-corrected chi connectivity index (χ0v) is 14.7. The number of hydrogen-bond donors (Lipinski definition) is 2. The van der Waals surface area contributed by atoms with E-state index >= 15 is 0 Å². The number of hydrogen-bond acceptors (Lipinski definition) is 2. The second-order valence-electron chi connectivity index (χ2n) is 9.28. The van der Waals surface area contributed by atoms with Crippen molar-refractivity contribution in [1.82, 2.24) is 0 Å². The van der Waals surface area contributed by atoms with E-state index < -0.39 is 5.60 Å². The minimum atomic E-state index is -0.670. The van der Waals surface area contributed by atoms with Crippen LogP contribution in [0.4, 0.5) is 0 Å². The summed E-state index contributed by atoms with van der Waals surface area (Å²) < 4.78 is 0. The Bertz CT molecular complexity index is 552. The Hall–Kier alpha value is -0.600. The first-order valence-corrected chi connectivity index (χ1v) is 9.58. The van der Waals surface area contributed by atoms with Gasteiger partial charge in [-0.1, -0.05) is 31.6 Å². The van der Waals surface area contributed by atoms with E-state index in [1.54, 1.807) is 0 Å². The van der Waals surface area contributed by atoms with E-state index in [2.05, 4.69) is 26.5 Å². The summed E-state index contributed by atoms with van der Waals surface area (Å²) in [6, 6.07) is 0. The van der Waals surface area contributed by atoms with Crippen LogP contribution in [-0.4, -0.2) is 21.9 Å². The third-order valence-electron chi connectivity index (χ3n) is 8.63. The van der Waals surface area contributed by atoms with Crippen molar-refractivity contribution in [3.05, 3.63) is 24.3 Å². The third-order valence-corrected chi connectivity index (χ3v) is 8.63. The Labute approximate surface area is 140 Å². The van der Waals surface area contributed by atoms with Crippen LogP contribution in [0.5, 0.6) is 0 Å². The first-order valence-electron chi connectivity index (χ1n) is 9.58. The molecule has 0 aromatic carbocycles. The normalized spacial score (nSPS) is 55.4. The van der Waals surface area contributed by atoms with Crippen molar-refractivity contribution in [2.24, 2.45) is 28.6 Å². The fraction of sp³-hybridized carbons (Fsp3) is 0.810. The highest BCUT2D eigenvalue weighted by Crippen LogP contribution is 2.67. The highest BCUT2D eigenvalue weighted by Gasteiger charge is 2.62. The summed E-state index contributed by atoms with van der Waals surface area (Å²) in [6.45, 7) is 8.72. The molecule has 0 aromatic rings. The van der Waals surface area contributed by atoms with Crippen LogP contribution in [-0.2, 0) is 0 Å². The highest BCUT2D eigenvalue weighted by atomic mass is 16.3. The van der Waals surface area contributed by atoms with E-state index in [4.69, 9.17) is 0 Å². The molecule has 0 amide bonds. The molecule has 0 unspecified atom stereocenters. The van der Waals surface area contributed by atoms with E-state index in [-0.39, 0.29) is 11.5 Å². The van der Waals surface area contributed by atoms with Crippen molar-refractivity contribution in [1.29, 1.82) is 0 Å². The van der Waals surface area contributed by atoms with Crippen molar-refractivity contribution in [2.75, 3.05) is 0 Å². The van der Waals surface area contributed by atoms with Crippen molar-refractivity contribution in [2.45, 2.75) is 76.9 Å². The van der Waals surface area contributed by atoms with Gasteiger partial charge in [0.2, 0.25) is 0 Å². The van der Waals surface area contributed by atoms with E-state index in [9.17, 15) is 10.2 Å². The lowest BCUT2D eigenvalue weighted by Crippen LogP contribution is -2.54. The minimum Gasteiger partial charge on any atom is -0.393 e. The lowest BCUT2D eigenvalue weighted by molar-refractivity contribution is -0.101. The van der Waals surface area contributed by atoms with Gasteiger partial charge in [-0.3, -0.25) is 0 Å². The summed E-state index contributed by atoms with van der Waals surface area (Å²) in [7, 11) is 0. The molecule has 3 fully saturated rings. The van der Waals surface area contributed by atoms with Gasteiger partial charge in [0.05, 0.1) is 11.7 Å². The molecule has 0 saturated heterocycles. The van der Waals surface area contributed by atoms with Crippen LogP contribution < -0.4 is 0 Å². The standard InChI is InChI=1S/C21H32O2/c1-4-21(23)12-9-18-16-6-5-14-13-15(22)7-10-19(14,2)17(16)8-11-20(18,21)3/h4-5,15-18,22-23H,1,6-13H2,2-3H3/t15-,16-,17+,18+,19+,20+,21+/m1/s1. The molecule has 128 valence electrons. The molecule has 0 bridgehead atoms. The molecule has 2 heteroatoms. The maximum Gasteiger partial charge on any atom is 0.0881 e. The van der Waals surface area contributed by atoms with Crippen LogP contribution >= 0.6 is 0 Å². The smallest absolute Gasteiger partial charge is 0.0881 e. The van der Waals surface area contributed by atoms with Crippen LogP contribution in [0.3, 0.4) is 0 Å². The van der Waals surface area contributed by atoms with E-state index in [0.717, 1.165) is 50.9 Å². The first-order chi connectivity index (χ1) is 10.8. The molecule has 4 rings (SSSR count). The molecule has 0 aromatic heterocycles. The van der Waals surface area contributed by atoms with Gasteiger partial charge in [0.1, 0.15) is 0 Å². The predicted molar refractivity (Wildman–Crippen MR) is 92.9 cm³/mol. The van der Waals surface area contributed by atoms with Gasteiger partial charge in [0, 0.05) is 5.41 Å². The number of aliphatic hydroxyl groups is 2. The number of rotatable bonds is 1. The highest BCUT2D eigenvalue weighted by molar-refractivity contribution is 5.27. The van der Waals surface area contributed by atoms with Crippen molar-refractivity contribution in [3.8, 4) is 0 Å². The largest absolute Gasteiger partial charge is 0.393 e. The minimum absolute atomic E-state index is 0.00575. The zero-order valence-electron chi connectivity index (χ0n) is 14.7. The quantitative estimate of drug-likeness (QED) is 0.711. The lowest BCUT2D eigenvalue weighted by atomic mass is 9.47. The maximum atomic E-state index is 11.1. The molecule has 4 aliphatic rings. The fourth-order valence-electron chi connectivity index (χ4n) is 7.03. The maximum absolute atomic E-state index is 11.1. The van der Waals surface area contributed by atoms with Gasteiger partial charge in [0.25, 0.3) is 0 Å². The molecular formula is C21H32O2.